The molecule has 0 unspecified atom stereocenters. The summed E-state index contributed by atoms with van der Waals surface area (Å²) in [7, 11) is 0. The first kappa shape index (κ1) is 18.6. The molecule has 1 fully saturated rings. The van der Waals surface area contributed by atoms with Gasteiger partial charge in [0.2, 0.25) is 11.8 Å². The number of nitrogens with one attached hydrogen (secondary N) is 1. The summed E-state index contributed by atoms with van der Waals surface area (Å²) in [4.78, 5) is 28.3. The fraction of sp³-hybridized carbons (Fsp3) is 0.429. The highest BCUT2D eigenvalue weighted by molar-refractivity contribution is 7.10. The van der Waals surface area contributed by atoms with Crippen molar-refractivity contribution < 1.29 is 9.59 Å². The molecule has 0 aliphatic carbocycles. The topological polar surface area (TPSA) is 49.4 Å². The van der Waals surface area contributed by atoms with Gasteiger partial charge in [0.05, 0.1) is 12.0 Å². The molecule has 1 aromatic carbocycles. The van der Waals surface area contributed by atoms with Crippen molar-refractivity contribution in [2.45, 2.75) is 40.2 Å². The Bertz CT molecular complexity index is 798. The molecule has 5 heteroatoms. The Labute approximate surface area is 159 Å². The van der Waals surface area contributed by atoms with Crippen LogP contribution in [-0.2, 0) is 9.59 Å². The van der Waals surface area contributed by atoms with Crippen LogP contribution in [-0.4, -0.2) is 18.4 Å². The van der Waals surface area contributed by atoms with E-state index in [2.05, 4.69) is 25.2 Å². The van der Waals surface area contributed by atoms with Gasteiger partial charge in [-0.05, 0) is 48.4 Å². The van der Waals surface area contributed by atoms with Crippen molar-refractivity contribution in [1.29, 1.82) is 0 Å². The summed E-state index contributed by atoms with van der Waals surface area (Å²) in [6.45, 7) is 8.72. The number of benzene rings is 1. The third kappa shape index (κ3) is 3.68. The number of carbonyl (C=O) groups is 2. The van der Waals surface area contributed by atoms with Crippen LogP contribution < -0.4 is 10.2 Å². The second kappa shape index (κ2) is 7.62. The zero-order valence-corrected chi connectivity index (χ0v) is 16.6. The van der Waals surface area contributed by atoms with Gasteiger partial charge in [0.25, 0.3) is 0 Å². The van der Waals surface area contributed by atoms with Crippen molar-refractivity contribution in [2.75, 3.05) is 11.4 Å². The lowest BCUT2D eigenvalue weighted by Crippen LogP contribution is -2.37. The molecule has 2 aromatic rings. The minimum absolute atomic E-state index is 0.00708. The average molecular weight is 371 g/mol. The molecule has 1 N–H and O–H groups in total. The highest BCUT2D eigenvalue weighted by Gasteiger charge is 2.36. The van der Waals surface area contributed by atoms with Crippen molar-refractivity contribution in [3.8, 4) is 0 Å². The highest BCUT2D eigenvalue weighted by atomic mass is 32.1. The smallest absolute Gasteiger partial charge is 0.227 e. The molecule has 1 aliphatic rings. The number of carbonyl (C=O) groups excluding carboxylic acids is 2. The van der Waals surface area contributed by atoms with E-state index in [9.17, 15) is 9.59 Å². The van der Waals surface area contributed by atoms with Crippen molar-refractivity contribution in [2.24, 2.45) is 11.8 Å². The maximum absolute atomic E-state index is 12.8. The van der Waals surface area contributed by atoms with E-state index in [1.165, 1.54) is 0 Å². The molecule has 0 saturated carbocycles. The van der Waals surface area contributed by atoms with Crippen molar-refractivity contribution in [1.82, 2.24) is 5.32 Å². The second-order valence-corrected chi connectivity index (χ2v) is 8.35. The zero-order chi connectivity index (χ0) is 18.8. The average Bonchev–Trinajstić information content (AvgIpc) is 3.24. The van der Waals surface area contributed by atoms with Gasteiger partial charge in [0.15, 0.2) is 0 Å². The van der Waals surface area contributed by atoms with Gasteiger partial charge in [-0.2, -0.15) is 0 Å². The maximum atomic E-state index is 12.8. The molecule has 2 heterocycles. The molecular weight excluding hydrogens is 344 g/mol. The molecule has 2 atom stereocenters. The van der Waals surface area contributed by atoms with Gasteiger partial charge in [0, 0.05) is 23.5 Å². The molecule has 0 bridgehead atoms. The Hall–Kier alpha value is -2.14. The molecular formula is C21H26N2O2S. The normalized spacial score (nSPS) is 18.4. The van der Waals surface area contributed by atoms with E-state index in [1.807, 2.05) is 43.5 Å². The number of hydrogen-bond acceptors (Lipinski definition) is 3. The van der Waals surface area contributed by atoms with Crippen molar-refractivity contribution in [3.05, 3.63) is 51.7 Å². The van der Waals surface area contributed by atoms with E-state index in [0.717, 1.165) is 21.7 Å². The summed E-state index contributed by atoms with van der Waals surface area (Å²) in [6.07, 6.45) is 0.272. The predicted octanol–water partition coefficient (Wildman–Crippen LogP) is 4.23. The minimum atomic E-state index is -0.302. The van der Waals surface area contributed by atoms with E-state index in [0.29, 0.717) is 12.5 Å². The van der Waals surface area contributed by atoms with Crippen molar-refractivity contribution in [3.63, 3.8) is 0 Å². The molecule has 3 rings (SSSR count). The Morgan fingerprint density at radius 1 is 1.23 bits per heavy atom. The van der Waals surface area contributed by atoms with Gasteiger partial charge in [-0.3, -0.25) is 9.59 Å². The molecule has 138 valence electrons. The zero-order valence-electron chi connectivity index (χ0n) is 15.8. The molecule has 0 spiro atoms. The van der Waals surface area contributed by atoms with Crippen LogP contribution in [0.15, 0.2) is 35.7 Å². The molecule has 2 amide bonds. The first-order valence-electron chi connectivity index (χ1n) is 9.08. The second-order valence-electron chi connectivity index (χ2n) is 7.37. The summed E-state index contributed by atoms with van der Waals surface area (Å²) in [5, 5.41) is 5.20. The lowest BCUT2D eigenvalue weighted by Gasteiger charge is -2.23. The third-order valence-corrected chi connectivity index (χ3v) is 6.13. The largest absolute Gasteiger partial charge is 0.348 e. The number of thiophene rings is 1. The summed E-state index contributed by atoms with van der Waals surface area (Å²) >= 11 is 1.65. The Kier molecular flexibility index (Phi) is 5.47. The molecule has 26 heavy (non-hydrogen) atoms. The summed E-state index contributed by atoms with van der Waals surface area (Å²) in [5.41, 5.74) is 3.17. The predicted molar refractivity (Wildman–Crippen MR) is 106 cm³/mol. The van der Waals surface area contributed by atoms with Gasteiger partial charge >= 0.3 is 0 Å². The SMILES string of the molecule is Cc1cccc(N2C[C@@H](C(=O)N[C@H](c3cccs3)C(C)C)CC2=O)c1C. The molecule has 1 aliphatic heterocycles. The van der Waals surface area contributed by atoms with Gasteiger partial charge in [0.1, 0.15) is 0 Å². The summed E-state index contributed by atoms with van der Waals surface area (Å²) in [6, 6.07) is 10.0. The fourth-order valence-electron chi connectivity index (χ4n) is 3.45. The van der Waals surface area contributed by atoms with Crippen LogP contribution in [0.4, 0.5) is 5.69 Å². The lowest BCUT2D eigenvalue weighted by molar-refractivity contribution is -0.127. The van der Waals surface area contributed by atoms with Gasteiger partial charge in [-0.15, -0.1) is 11.3 Å². The van der Waals surface area contributed by atoms with Crippen LogP contribution in [0.5, 0.6) is 0 Å². The van der Waals surface area contributed by atoms with Crippen LogP contribution in [0, 0.1) is 25.7 Å². The van der Waals surface area contributed by atoms with Crippen LogP contribution in [0.25, 0.3) is 0 Å². The van der Waals surface area contributed by atoms with Crippen LogP contribution in [0.3, 0.4) is 0 Å². The van der Waals surface area contributed by atoms with Crippen LogP contribution in [0.2, 0.25) is 0 Å². The first-order chi connectivity index (χ1) is 12.4. The standard InChI is InChI=1S/C21H26N2O2S/c1-13(2)20(18-9-6-10-26-18)22-21(25)16-11-19(24)23(12-16)17-8-5-7-14(3)15(17)4/h5-10,13,16,20H,11-12H2,1-4H3,(H,22,25)/t16-,20-/m0/s1. The Balaban J connectivity index is 1.73. The number of rotatable bonds is 5. The van der Waals surface area contributed by atoms with Crippen molar-refractivity contribution >= 4 is 28.8 Å². The lowest BCUT2D eigenvalue weighted by atomic mass is 10.0. The van der Waals surface area contributed by atoms with E-state index in [-0.39, 0.29) is 30.2 Å². The minimum Gasteiger partial charge on any atom is -0.348 e. The summed E-state index contributed by atoms with van der Waals surface area (Å²) in [5.74, 6) is -0.0113. The quantitative estimate of drug-likeness (QED) is 0.856. The van der Waals surface area contributed by atoms with Gasteiger partial charge < -0.3 is 10.2 Å². The molecule has 1 saturated heterocycles. The number of amides is 2. The number of nitrogens with zero attached hydrogens (tertiary/aromatic N) is 1. The van der Waals surface area contributed by atoms with Gasteiger partial charge in [-0.25, -0.2) is 0 Å². The number of aryl methyl sites for hydroxylation is 1. The molecule has 1 aromatic heterocycles. The van der Waals surface area contributed by atoms with Crippen LogP contribution >= 0.6 is 11.3 Å². The number of anilines is 1. The summed E-state index contributed by atoms with van der Waals surface area (Å²) < 4.78 is 0. The molecule has 0 radical (unpaired) electrons. The van der Waals surface area contributed by atoms with E-state index < -0.39 is 0 Å². The van der Waals surface area contributed by atoms with Gasteiger partial charge in [-0.1, -0.05) is 32.0 Å². The first-order valence-corrected chi connectivity index (χ1v) is 9.96. The maximum Gasteiger partial charge on any atom is 0.227 e. The third-order valence-electron chi connectivity index (χ3n) is 5.18. The van der Waals surface area contributed by atoms with E-state index in [1.54, 1.807) is 16.2 Å². The fourth-order valence-corrected chi connectivity index (χ4v) is 4.40. The molecule has 4 nitrogen and oxygen atoms in total. The Morgan fingerprint density at radius 2 is 2.00 bits per heavy atom. The van der Waals surface area contributed by atoms with Crippen LogP contribution in [0.1, 0.15) is 42.3 Å². The number of hydrogen-bond donors (Lipinski definition) is 1. The van der Waals surface area contributed by atoms with E-state index >= 15 is 0 Å². The monoisotopic (exact) mass is 370 g/mol. The Morgan fingerprint density at radius 3 is 2.65 bits per heavy atom. The van der Waals surface area contributed by atoms with E-state index in [4.69, 9.17) is 0 Å². The highest BCUT2D eigenvalue weighted by Crippen LogP contribution is 2.31.